The summed E-state index contributed by atoms with van der Waals surface area (Å²) in [6.07, 6.45) is 8.71. The van der Waals surface area contributed by atoms with Gasteiger partial charge in [-0.05, 0) is 84.4 Å². The number of pyridine rings is 1. The van der Waals surface area contributed by atoms with E-state index in [0.29, 0.717) is 15.8 Å². The number of esters is 1. The van der Waals surface area contributed by atoms with Gasteiger partial charge in [0.15, 0.2) is 0 Å². The summed E-state index contributed by atoms with van der Waals surface area (Å²) in [7, 11) is 1.44. The van der Waals surface area contributed by atoms with Crippen LogP contribution in [0, 0.1) is 5.92 Å². The van der Waals surface area contributed by atoms with Crippen molar-refractivity contribution < 1.29 is 9.53 Å². The molecule has 5 rings (SSSR count). The molecule has 3 nitrogen and oxygen atoms in total. The maximum absolute atomic E-state index is 12.1. The zero-order valence-electron chi connectivity index (χ0n) is 20.9. The van der Waals surface area contributed by atoms with Crippen molar-refractivity contribution in [1.82, 2.24) is 4.98 Å². The third-order valence-electron chi connectivity index (χ3n) is 6.72. The van der Waals surface area contributed by atoms with Crippen molar-refractivity contribution in [3.63, 3.8) is 0 Å². The van der Waals surface area contributed by atoms with Crippen LogP contribution in [0.3, 0.4) is 0 Å². The van der Waals surface area contributed by atoms with Crippen LogP contribution >= 0.6 is 23.4 Å². The fourth-order valence-corrected chi connectivity index (χ4v) is 6.26. The van der Waals surface area contributed by atoms with E-state index < -0.39 is 0 Å². The number of nitrogens with zero attached hydrogens (tertiary/aromatic N) is 1. The topological polar surface area (TPSA) is 39.2 Å². The first-order valence-electron chi connectivity index (χ1n) is 12.7. The first-order valence-corrected chi connectivity index (χ1v) is 14.2. The molecule has 1 fully saturated rings. The van der Waals surface area contributed by atoms with Gasteiger partial charge in [0.05, 0.1) is 23.9 Å². The zero-order chi connectivity index (χ0) is 25.6. The van der Waals surface area contributed by atoms with E-state index in [9.17, 15) is 4.79 Å². The number of ether oxygens (including phenoxy) is 1. The van der Waals surface area contributed by atoms with Crippen molar-refractivity contribution in [3.05, 3.63) is 112 Å². The summed E-state index contributed by atoms with van der Waals surface area (Å²) in [5.41, 5.74) is 6.14. The van der Waals surface area contributed by atoms with E-state index >= 15 is 0 Å². The van der Waals surface area contributed by atoms with E-state index in [0.717, 1.165) is 46.7 Å². The Bertz CT molecular complexity index is 1430. The summed E-state index contributed by atoms with van der Waals surface area (Å²) in [4.78, 5) is 16.8. The second-order valence-electron chi connectivity index (χ2n) is 9.46. The molecule has 1 aliphatic carbocycles. The predicted octanol–water partition coefficient (Wildman–Crippen LogP) is 8.66. The minimum atomic E-state index is -0.258. The van der Waals surface area contributed by atoms with E-state index in [-0.39, 0.29) is 5.97 Å². The Morgan fingerprint density at radius 1 is 1.05 bits per heavy atom. The zero-order valence-corrected chi connectivity index (χ0v) is 22.5. The molecule has 0 radical (unpaired) electrons. The molecule has 1 atom stereocenters. The third-order valence-corrected chi connectivity index (χ3v) is 8.50. The number of hydrogen-bond acceptors (Lipinski definition) is 4. The number of carbonyl (C=O) groups is 1. The van der Waals surface area contributed by atoms with Gasteiger partial charge in [0.1, 0.15) is 0 Å². The Balaban J connectivity index is 1.23. The van der Waals surface area contributed by atoms with Crippen molar-refractivity contribution in [3.8, 4) is 0 Å². The number of halogens is 1. The quantitative estimate of drug-likeness (QED) is 0.153. The number of aromatic nitrogens is 1. The average Bonchev–Trinajstić information content (AvgIpc) is 3.77. The Morgan fingerprint density at radius 2 is 1.89 bits per heavy atom. The van der Waals surface area contributed by atoms with Crippen molar-refractivity contribution in [1.29, 1.82) is 0 Å². The number of thioether (sulfide) groups is 1. The molecule has 5 heteroatoms. The minimum absolute atomic E-state index is 0.258. The lowest BCUT2D eigenvalue weighted by Gasteiger charge is -2.17. The van der Waals surface area contributed by atoms with Gasteiger partial charge in [0, 0.05) is 15.7 Å². The maximum Gasteiger partial charge on any atom is 0.338 e. The number of fused-ring (bicyclic) bond motifs is 1. The van der Waals surface area contributed by atoms with Gasteiger partial charge in [-0.3, -0.25) is 0 Å². The molecule has 0 spiro atoms. The lowest BCUT2D eigenvalue weighted by atomic mass is 10.0. The number of aryl methyl sites for hydroxylation is 1. The average molecular weight is 528 g/mol. The number of benzene rings is 3. The molecule has 0 aliphatic heterocycles. The van der Waals surface area contributed by atoms with Gasteiger partial charge in [-0.25, -0.2) is 9.78 Å². The highest BCUT2D eigenvalue weighted by molar-refractivity contribution is 7.99. The Morgan fingerprint density at radius 3 is 2.73 bits per heavy atom. The first kappa shape index (κ1) is 25.6. The van der Waals surface area contributed by atoms with Gasteiger partial charge in [-0.1, -0.05) is 72.3 Å². The molecule has 0 unspecified atom stereocenters. The summed E-state index contributed by atoms with van der Waals surface area (Å²) in [5, 5.41) is 2.29. The second kappa shape index (κ2) is 12.0. The molecule has 37 heavy (non-hydrogen) atoms. The summed E-state index contributed by atoms with van der Waals surface area (Å²) < 4.78 is 4.94. The van der Waals surface area contributed by atoms with Gasteiger partial charge in [-0.2, -0.15) is 11.8 Å². The fraction of sp³-hybridized carbons (Fsp3) is 0.250. The standard InChI is InChI=1S/C32H30ClNO2S/c1-36-32(35)29-10-3-2-7-23(29)9-5-19-37-31(25-12-13-25)26-8-4-6-22(20-26)11-17-28-18-15-24-14-16-27(33)21-30(24)34-28/h2-4,6-8,10-11,14-18,20-21,25,31H,5,9,12-13,19H2,1H3/t31-/m1/s1. The third kappa shape index (κ3) is 6.63. The van der Waals surface area contributed by atoms with E-state index in [2.05, 4.69) is 42.5 Å². The van der Waals surface area contributed by atoms with Crippen LogP contribution in [0.1, 0.15) is 57.3 Å². The molecule has 1 heterocycles. The molecule has 0 amide bonds. The summed E-state index contributed by atoms with van der Waals surface area (Å²) in [6.45, 7) is 0. The number of methoxy groups -OCH3 is 1. The molecule has 1 aromatic heterocycles. The smallest absolute Gasteiger partial charge is 0.338 e. The van der Waals surface area contributed by atoms with Crippen molar-refractivity contribution in [2.45, 2.75) is 30.9 Å². The molecular formula is C32H30ClNO2S. The molecule has 0 bridgehead atoms. The summed E-state index contributed by atoms with van der Waals surface area (Å²) in [5.74, 6) is 1.55. The largest absolute Gasteiger partial charge is 0.465 e. The molecule has 3 aromatic carbocycles. The lowest BCUT2D eigenvalue weighted by Crippen LogP contribution is -2.06. The van der Waals surface area contributed by atoms with Crippen LogP contribution in [0.15, 0.2) is 78.9 Å². The monoisotopic (exact) mass is 527 g/mol. The molecule has 0 N–H and O–H groups in total. The molecule has 1 aliphatic rings. The molecule has 1 saturated carbocycles. The number of rotatable bonds is 10. The highest BCUT2D eigenvalue weighted by Gasteiger charge is 2.32. The molecule has 0 saturated heterocycles. The molecule has 4 aromatic rings. The van der Waals surface area contributed by atoms with Crippen LogP contribution in [0.25, 0.3) is 23.1 Å². The number of hydrogen-bond donors (Lipinski definition) is 0. The van der Waals surface area contributed by atoms with Crippen LogP contribution in [0.2, 0.25) is 5.02 Å². The SMILES string of the molecule is COC(=O)c1ccccc1CCCS[C@@H](c1cccc(C=Cc2ccc3ccc(Cl)cc3n2)c1)C1CC1. The minimum Gasteiger partial charge on any atom is -0.465 e. The van der Waals surface area contributed by atoms with Crippen LogP contribution in [-0.4, -0.2) is 23.8 Å². The van der Waals surface area contributed by atoms with E-state index in [1.807, 2.05) is 60.3 Å². The second-order valence-corrected chi connectivity index (χ2v) is 11.1. The van der Waals surface area contributed by atoms with Crippen LogP contribution in [0.4, 0.5) is 0 Å². The predicted molar refractivity (Wildman–Crippen MR) is 156 cm³/mol. The van der Waals surface area contributed by atoms with Gasteiger partial charge in [0.25, 0.3) is 0 Å². The van der Waals surface area contributed by atoms with Gasteiger partial charge >= 0.3 is 5.97 Å². The molecular weight excluding hydrogens is 498 g/mol. The molecule has 188 valence electrons. The van der Waals surface area contributed by atoms with Crippen molar-refractivity contribution in [2.75, 3.05) is 12.9 Å². The lowest BCUT2D eigenvalue weighted by molar-refractivity contribution is 0.0599. The fourth-order valence-electron chi connectivity index (χ4n) is 4.64. The van der Waals surface area contributed by atoms with Crippen LogP contribution < -0.4 is 0 Å². The van der Waals surface area contributed by atoms with Gasteiger partial charge in [-0.15, -0.1) is 0 Å². The van der Waals surface area contributed by atoms with E-state index in [1.165, 1.54) is 31.1 Å². The van der Waals surface area contributed by atoms with Crippen LogP contribution in [0.5, 0.6) is 0 Å². The van der Waals surface area contributed by atoms with E-state index in [4.69, 9.17) is 21.3 Å². The Labute approximate surface area is 227 Å². The highest BCUT2D eigenvalue weighted by Crippen LogP contribution is 2.49. The maximum atomic E-state index is 12.1. The van der Waals surface area contributed by atoms with E-state index in [1.54, 1.807) is 0 Å². The Kier molecular flexibility index (Phi) is 8.28. The highest BCUT2D eigenvalue weighted by atomic mass is 35.5. The van der Waals surface area contributed by atoms with Gasteiger partial charge < -0.3 is 4.74 Å². The van der Waals surface area contributed by atoms with Crippen molar-refractivity contribution in [2.24, 2.45) is 5.92 Å². The van der Waals surface area contributed by atoms with Crippen molar-refractivity contribution >= 4 is 52.4 Å². The van der Waals surface area contributed by atoms with Gasteiger partial charge in [0.2, 0.25) is 0 Å². The number of carbonyl (C=O) groups excluding carboxylic acids is 1. The Hall–Kier alpha value is -3.08. The summed E-state index contributed by atoms with van der Waals surface area (Å²) in [6, 6.07) is 26.6. The summed E-state index contributed by atoms with van der Waals surface area (Å²) >= 11 is 8.19. The normalized spacial score (nSPS) is 14.2. The first-order chi connectivity index (χ1) is 18.1. The van der Waals surface area contributed by atoms with Crippen LogP contribution in [-0.2, 0) is 11.2 Å².